The van der Waals surface area contributed by atoms with Gasteiger partial charge in [0, 0.05) is 6.20 Å². The number of rotatable bonds is 5. The first-order valence-electron chi connectivity index (χ1n) is 8.03. The van der Waals surface area contributed by atoms with Crippen LogP contribution in [-0.2, 0) is 30.8 Å². The number of aliphatic hydroxyl groups is 1. The fraction of sp³-hybridized carbons (Fsp3) is 0.375. The molecule has 2 aliphatic rings. The van der Waals surface area contributed by atoms with E-state index < -0.39 is 50.6 Å². The van der Waals surface area contributed by atoms with E-state index in [1.54, 1.807) is 6.07 Å². The molecule has 0 aromatic carbocycles. The van der Waals surface area contributed by atoms with Crippen LogP contribution in [0.2, 0.25) is 0 Å². The van der Waals surface area contributed by atoms with Gasteiger partial charge < -0.3 is 25.6 Å². The summed E-state index contributed by atoms with van der Waals surface area (Å²) in [5.74, 6) is -2.32. The van der Waals surface area contributed by atoms with Crippen molar-refractivity contribution < 1.29 is 37.8 Å². The molecule has 0 bridgehead atoms. The summed E-state index contributed by atoms with van der Waals surface area (Å²) in [4.78, 5) is 40.0. The third-order valence-electron chi connectivity index (χ3n) is 4.87. The van der Waals surface area contributed by atoms with E-state index in [1.165, 1.54) is 18.3 Å². The quantitative estimate of drug-likeness (QED) is 0.399. The standard InChI is InChI=1S/C16H17N3O8S/c1-16(7-27-15(17)24)11(14(22)23)19-12(21)10(13(19)28(16,25)26)5-9-4-8(6-20)2-3-18-9/h2-5,11,13,20H,6-7H2,1H3,(H2,17,24)(H,22,23)/b10-5-/t11-,13?,16?/m0/s1. The molecule has 11 nitrogen and oxygen atoms in total. The highest BCUT2D eigenvalue weighted by Crippen LogP contribution is 2.49. The van der Waals surface area contributed by atoms with Gasteiger partial charge in [0.15, 0.2) is 21.3 Å². The van der Waals surface area contributed by atoms with Gasteiger partial charge in [-0.1, -0.05) is 0 Å². The number of β-lactam (4-membered cyclic amide) rings is 1. The van der Waals surface area contributed by atoms with Crippen molar-refractivity contribution in [1.29, 1.82) is 0 Å². The number of aromatic nitrogens is 1. The number of carbonyl (C=O) groups is 3. The van der Waals surface area contributed by atoms with Crippen LogP contribution in [0.25, 0.3) is 6.08 Å². The van der Waals surface area contributed by atoms with Crippen LogP contribution < -0.4 is 5.73 Å². The van der Waals surface area contributed by atoms with Gasteiger partial charge in [-0.3, -0.25) is 9.78 Å². The maximum atomic E-state index is 13.1. The summed E-state index contributed by atoms with van der Waals surface area (Å²) in [7, 11) is -4.29. The molecule has 4 N–H and O–H groups in total. The van der Waals surface area contributed by atoms with Gasteiger partial charge >= 0.3 is 12.1 Å². The minimum absolute atomic E-state index is 0.156. The lowest BCUT2D eigenvalue weighted by Gasteiger charge is -2.37. The number of carboxylic acids is 1. The number of pyridine rings is 1. The molecule has 1 aromatic heterocycles. The van der Waals surface area contributed by atoms with E-state index >= 15 is 0 Å². The van der Waals surface area contributed by atoms with Crippen molar-refractivity contribution in [2.24, 2.45) is 5.73 Å². The monoisotopic (exact) mass is 411 g/mol. The van der Waals surface area contributed by atoms with Crippen molar-refractivity contribution in [3.63, 3.8) is 0 Å². The van der Waals surface area contributed by atoms with E-state index in [-0.39, 0.29) is 17.9 Å². The Kier molecular flexibility index (Phi) is 4.63. The first-order chi connectivity index (χ1) is 13.0. The zero-order valence-electron chi connectivity index (χ0n) is 14.6. The van der Waals surface area contributed by atoms with Crippen LogP contribution in [0.4, 0.5) is 4.79 Å². The molecular formula is C16H17N3O8S. The van der Waals surface area contributed by atoms with E-state index in [1.807, 2.05) is 0 Å². The number of nitrogens with zero attached hydrogens (tertiary/aromatic N) is 2. The molecule has 2 fully saturated rings. The maximum Gasteiger partial charge on any atom is 0.404 e. The fourth-order valence-corrected chi connectivity index (χ4v) is 5.72. The SMILES string of the molecule is CC1(COC(N)=O)[C@H](C(=O)O)N2C(=O)/C(=C/c3cc(CO)ccn3)C2S1(=O)=O. The second kappa shape index (κ2) is 6.56. The summed E-state index contributed by atoms with van der Waals surface area (Å²) >= 11 is 0. The number of hydrogen-bond acceptors (Lipinski definition) is 8. The number of aliphatic hydroxyl groups excluding tert-OH is 1. The zero-order valence-corrected chi connectivity index (χ0v) is 15.4. The molecule has 0 saturated carbocycles. The highest BCUT2D eigenvalue weighted by atomic mass is 32.2. The van der Waals surface area contributed by atoms with E-state index in [0.717, 1.165) is 11.8 Å². The predicted molar refractivity (Wildman–Crippen MR) is 93.1 cm³/mol. The Morgan fingerprint density at radius 2 is 2.14 bits per heavy atom. The summed E-state index contributed by atoms with van der Waals surface area (Å²) in [5, 5.41) is 17.2. The van der Waals surface area contributed by atoms with Crippen LogP contribution in [0.15, 0.2) is 23.9 Å². The van der Waals surface area contributed by atoms with Crippen LogP contribution in [0.1, 0.15) is 18.2 Å². The number of carbonyl (C=O) groups excluding carboxylic acids is 2. The minimum atomic E-state index is -4.29. The molecular weight excluding hydrogens is 394 g/mol. The number of carboxylic acid groups (broad SMARTS) is 1. The second-order valence-corrected chi connectivity index (χ2v) is 9.09. The lowest BCUT2D eigenvalue weighted by atomic mass is 9.94. The average Bonchev–Trinajstić information content (AvgIpc) is 2.80. The summed E-state index contributed by atoms with van der Waals surface area (Å²) < 4.78 is 28.7. The topological polar surface area (TPSA) is 177 Å². The molecule has 1 aromatic rings. The average molecular weight is 411 g/mol. The van der Waals surface area contributed by atoms with Gasteiger partial charge in [0.05, 0.1) is 17.9 Å². The first kappa shape index (κ1) is 19.8. The smallest absolute Gasteiger partial charge is 0.404 e. The molecule has 2 saturated heterocycles. The van der Waals surface area contributed by atoms with Crippen molar-refractivity contribution >= 4 is 33.9 Å². The Balaban J connectivity index is 2.06. The third kappa shape index (κ3) is 2.72. The lowest BCUT2D eigenvalue weighted by Crippen LogP contribution is -2.59. The highest BCUT2D eigenvalue weighted by molar-refractivity contribution is 7.94. The Bertz CT molecular complexity index is 1000. The van der Waals surface area contributed by atoms with Gasteiger partial charge in [-0.05, 0) is 30.7 Å². The van der Waals surface area contributed by atoms with Crippen molar-refractivity contribution in [2.45, 2.75) is 29.7 Å². The molecule has 0 aliphatic carbocycles. The van der Waals surface area contributed by atoms with Crippen molar-refractivity contribution in [2.75, 3.05) is 6.61 Å². The summed E-state index contributed by atoms with van der Waals surface area (Å²) in [6.45, 7) is 0.00939. The molecule has 2 amide bonds. The Morgan fingerprint density at radius 3 is 2.71 bits per heavy atom. The molecule has 150 valence electrons. The Morgan fingerprint density at radius 1 is 1.46 bits per heavy atom. The van der Waals surface area contributed by atoms with Gasteiger partial charge in [-0.15, -0.1) is 0 Å². The van der Waals surface area contributed by atoms with E-state index in [0.29, 0.717) is 5.56 Å². The Labute approximate surface area is 159 Å². The van der Waals surface area contributed by atoms with Gasteiger partial charge in [-0.25, -0.2) is 18.0 Å². The molecule has 12 heteroatoms. The molecule has 3 heterocycles. The number of aliphatic carboxylic acids is 1. The second-order valence-electron chi connectivity index (χ2n) is 6.62. The van der Waals surface area contributed by atoms with E-state index in [4.69, 9.17) is 5.73 Å². The molecule has 28 heavy (non-hydrogen) atoms. The molecule has 3 atom stereocenters. The summed E-state index contributed by atoms with van der Waals surface area (Å²) in [6, 6.07) is 1.26. The van der Waals surface area contributed by atoms with Crippen LogP contribution in [0.3, 0.4) is 0 Å². The number of primary amides is 1. The van der Waals surface area contributed by atoms with Crippen molar-refractivity contribution in [3.8, 4) is 0 Å². The van der Waals surface area contributed by atoms with Crippen LogP contribution in [0, 0.1) is 0 Å². The molecule has 2 unspecified atom stereocenters. The summed E-state index contributed by atoms with van der Waals surface area (Å²) in [5.41, 5.74) is 5.47. The molecule has 0 radical (unpaired) electrons. The maximum absolute atomic E-state index is 13.1. The number of sulfone groups is 1. The normalized spacial score (nSPS) is 29.3. The number of nitrogens with two attached hydrogens (primary N) is 1. The highest BCUT2D eigenvalue weighted by Gasteiger charge is 2.72. The Hall–Kier alpha value is -2.99. The third-order valence-corrected chi connectivity index (χ3v) is 7.58. The van der Waals surface area contributed by atoms with Crippen LogP contribution in [-0.4, -0.2) is 69.3 Å². The van der Waals surface area contributed by atoms with Gasteiger partial charge in [0.25, 0.3) is 5.91 Å². The van der Waals surface area contributed by atoms with Crippen molar-refractivity contribution in [3.05, 3.63) is 35.2 Å². The summed E-state index contributed by atoms with van der Waals surface area (Å²) in [6.07, 6.45) is 1.36. The van der Waals surface area contributed by atoms with Gasteiger partial charge in [0.1, 0.15) is 11.4 Å². The first-order valence-corrected chi connectivity index (χ1v) is 9.57. The number of amides is 2. The minimum Gasteiger partial charge on any atom is -0.480 e. The predicted octanol–water partition coefficient (Wildman–Crippen LogP) is -1.14. The van der Waals surface area contributed by atoms with E-state index in [9.17, 15) is 33.0 Å². The van der Waals surface area contributed by atoms with Crippen LogP contribution >= 0.6 is 0 Å². The number of fused-ring (bicyclic) bond motifs is 1. The molecule has 0 spiro atoms. The number of ether oxygens (including phenoxy) is 1. The van der Waals surface area contributed by atoms with Gasteiger partial charge in [-0.2, -0.15) is 0 Å². The largest absolute Gasteiger partial charge is 0.480 e. The van der Waals surface area contributed by atoms with Crippen molar-refractivity contribution in [1.82, 2.24) is 9.88 Å². The molecule has 2 aliphatic heterocycles. The van der Waals surface area contributed by atoms with Gasteiger partial charge in [0.2, 0.25) is 0 Å². The zero-order chi connectivity index (χ0) is 20.9. The lowest BCUT2D eigenvalue weighted by molar-refractivity contribution is -0.153. The van der Waals surface area contributed by atoms with E-state index in [2.05, 4.69) is 9.72 Å². The number of hydrogen-bond donors (Lipinski definition) is 3. The fourth-order valence-electron chi connectivity index (χ4n) is 3.44. The molecule has 3 rings (SSSR count). The van der Waals surface area contributed by atoms with Crippen LogP contribution in [0.5, 0.6) is 0 Å².